The molecule has 0 saturated carbocycles. The largest absolute Gasteiger partial charge is 0.497 e. The van der Waals surface area contributed by atoms with Crippen molar-refractivity contribution >= 4 is 21.6 Å². The lowest BCUT2D eigenvalue weighted by Gasteiger charge is -2.22. The van der Waals surface area contributed by atoms with Crippen LogP contribution in [0.1, 0.15) is 25.3 Å². The van der Waals surface area contributed by atoms with Crippen molar-refractivity contribution < 1.29 is 17.9 Å². The van der Waals surface area contributed by atoms with Gasteiger partial charge in [-0.15, -0.1) is 0 Å². The van der Waals surface area contributed by atoms with E-state index < -0.39 is 16.1 Å². The number of para-hydroxylation sites is 1. The number of rotatable bonds is 8. The summed E-state index contributed by atoms with van der Waals surface area (Å²) in [5.41, 5.74) is 2.14. The van der Waals surface area contributed by atoms with E-state index >= 15 is 0 Å². The number of methoxy groups -OCH3 is 1. The Bertz CT molecular complexity index is 939. The highest BCUT2D eigenvalue weighted by Crippen LogP contribution is 2.24. The molecule has 0 radical (unpaired) electrons. The minimum Gasteiger partial charge on any atom is -0.497 e. The lowest BCUT2D eigenvalue weighted by Crippen LogP contribution is -2.44. The minimum absolute atomic E-state index is 0.0809. The van der Waals surface area contributed by atoms with Crippen LogP contribution in [0.25, 0.3) is 0 Å². The van der Waals surface area contributed by atoms with Crippen molar-refractivity contribution in [3.05, 3.63) is 54.1 Å². The first-order chi connectivity index (χ1) is 13.9. The monoisotopic (exact) mass is 417 g/mol. The van der Waals surface area contributed by atoms with Crippen molar-refractivity contribution in [3.63, 3.8) is 0 Å². The third kappa shape index (κ3) is 5.27. The molecule has 2 aromatic rings. The van der Waals surface area contributed by atoms with Gasteiger partial charge in [0.15, 0.2) is 0 Å². The lowest BCUT2D eigenvalue weighted by atomic mass is 10.1. The molecule has 8 heteroatoms. The molecule has 0 aromatic heterocycles. The highest BCUT2D eigenvalue weighted by atomic mass is 32.2. The normalized spacial score (nSPS) is 15.2. The second-order valence-electron chi connectivity index (χ2n) is 7.06. The molecular formula is C21H27N3O4S. The summed E-state index contributed by atoms with van der Waals surface area (Å²) in [6.07, 6.45) is 2.34. The topological polar surface area (TPSA) is 87.7 Å². The molecule has 2 N–H and O–H groups in total. The Balaban J connectivity index is 1.61. The molecule has 1 fully saturated rings. The standard InChI is InChI=1S/C21H27N3O4S/c1-16(23-29(26,27)19-11-9-18(28-2)10-12-19)21(25)22-15-17-7-3-4-8-20(17)24-13-5-6-14-24/h3-4,7-12,16,23H,5-6,13-15H2,1-2H3,(H,22,25)/t16-/m0/s1. The molecule has 2 aromatic carbocycles. The molecule has 1 saturated heterocycles. The van der Waals surface area contributed by atoms with Crippen LogP contribution < -0.4 is 19.7 Å². The van der Waals surface area contributed by atoms with Crippen LogP contribution in [-0.2, 0) is 21.4 Å². The predicted octanol–water partition coefficient (Wildman–Crippen LogP) is 2.28. The zero-order chi connectivity index (χ0) is 20.9. The van der Waals surface area contributed by atoms with Gasteiger partial charge < -0.3 is 15.0 Å². The first-order valence-electron chi connectivity index (χ1n) is 9.67. The quantitative estimate of drug-likeness (QED) is 0.688. The Morgan fingerprint density at radius 1 is 1.10 bits per heavy atom. The maximum atomic E-state index is 12.5. The smallest absolute Gasteiger partial charge is 0.241 e. The zero-order valence-electron chi connectivity index (χ0n) is 16.7. The number of carbonyl (C=O) groups excluding carboxylic acids is 1. The molecule has 1 aliphatic rings. The summed E-state index contributed by atoms with van der Waals surface area (Å²) in [5, 5.41) is 2.84. The first kappa shape index (κ1) is 21.1. The van der Waals surface area contributed by atoms with Crippen molar-refractivity contribution in [1.29, 1.82) is 0 Å². The van der Waals surface area contributed by atoms with Crippen molar-refractivity contribution in [1.82, 2.24) is 10.0 Å². The van der Waals surface area contributed by atoms with Crippen LogP contribution in [0.4, 0.5) is 5.69 Å². The van der Waals surface area contributed by atoms with Gasteiger partial charge in [-0.2, -0.15) is 4.72 Å². The Kier molecular flexibility index (Phi) is 6.76. The average molecular weight is 418 g/mol. The van der Waals surface area contributed by atoms with Crippen LogP contribution in [-0.4, -0.2) is 40.6 Å². The van der Waals surface area contributed by atoms with Gasteiger partial charge in [0.25, 0.3) is 0 Å². The number of anilines is 1. The van der Waals surface area contributed by atoms with Crippen LogP contribution in [0.2, 0.25) is 0 Å². The zero-order valence-corrected chi connectivity index (χ0v) is 17.5. The van der Waals surface area contributed by atoms with E-state index in [2.05, 4.69) is 21.0 Å². The molecular weight excluding hydrogens is 390 g/mol. The third-order valence-corrected chi connectivity index (χ3v) is 6.54. The van der Waals surface area contributed by atoms with E-state index in [1.54, 1.807) is 12.1 Å². The van der Waals surface area contributed by atoms with Gasteiger partial charge in [0.2, 0.25) is 15.9 Å². The minimum atomic E-state index is -3.81. The second-order valence-corrected chi connectivity index (χ2v) is 8.77. The van der Waals surface area contributed by atoms with Gasteiger partial charge in [-0.1, -0.05) is 18.2 Å². The average Bonchev–Trinajstić information content (AvgIpc) is 3.26. The van der Waals surface area contributed by atoms with Gasteiger partial charge in [-0.3, -0.25) is 4.79 Å². The molecule has 0 aliphatic carbocycles. The lowest BCUT2D eigenvalue weighted by molar-refractivity contribution is -0.122. The van der Waals surface area contributed by atoms with E-state index in [-0.39, 0.29) is 10.8 Å². The number of ether oxygens (including phenoxy) is 1. The highest BCUT2D eigenvalue weighted by Gasteiger charge is 2.22. The van der Waals surface area contributed by atoms with E-state index in [0.717, 1.165) is 24.3 Å². The Morgan fingerprint density at radius 3 is 2.41 bits per heavy atom. The van der Waals surface area contributed by atoms with Gasteiger partial charge in [0, 0.05) is 25.3 Å². The maximum Gasteiger partial charge on any atom is 0.241 e. The summed E-state index contributed by atoms with van der Waals surface area (Å²) in [6, 6.07) is 13.1. The number of carbonyl (C=O) groups is 1. The van der Waals surface area contributed by atoms with Crippen molar-refractivity contribution in [2.24, 2.45) is 0 Å². The molecule has 0 spiro atoms. The SMILES string of the molecule is COc1ccc(S(=O)(=O)N[C@@H](C)C(=O)NCc2ccccc2N2CCCC2)cc1. The van der Waals surface area contributed by atoms with Gasteiger partial charge in [-0.05, 0) is 55.7 Å². The van der Waals surface area contributed by atoms with Crippen molar-refractivity contribution in [2.75, 3.05) is 25.1 Å². The van der Waals surface area contributed by atoms with Gasteiger partial charge in [0.05, 0.1) is 18.0 Å². The summed E-state index contributed by atoms with van der Waals surface area (Å²) >= 11 is 0. The molecule has 1 aliphatic heterocycles. The Hall–Kier alpha value is -2.58. The summed E-state index contributed by atoms with van der Waals surface area (Å²) in [7, 11) is -2.30. The van der Waals surface area contributed by atoms with E-state index in [4.69, 9.17) is 4.74 Å². The molecule has 3 rings (SSSR count). The van der Waals surface area contributed by atoms with E-state index in [1.165, 1.54) is 39.0 Å². The maximum absolute atomic E-state index is 12.5. The van der Waals surface area contributed by atoms with Crippen LogP contribution >= 0.6 is 0 Å². The van der Waals surface area contributed by atoms with Gasteiger partial charge in [-0.25, -0.2) is 8.42 Å². The third-order valence-electron chi connectivity index (χ3n) is 4.99. The van der Waals surface area contributed by atoms with E-state index in [1.807, 2.05) is 18.2 Å². The number of nitrogens with zero attached hydrogens (tertiary/aromatic N) is 1. The van der Waals surface area contributed by atoms with Crippen LogP contribution in [0.5, 0.6) is 5.75 Å². The summed E-state index contributed by atoms with van der Waals surface area (Å²) in [6.45, 7) is 3.91. The number of amides is 1. The molecule has 1 heterocycles. The fraction of sp³-hybridized carbons (Fsp3) is 0.381. The summed E-state index contributed by atoms with van der Waals surface area (Å²) in [5.74, 6) is 0.185. The Morgan fingerprint density at radius 2 is 1.76 bits per heavy atom. The highest BCUT2D eigenvalue weighted by molar-refractivity contribution is 7.89. The molecule has 156 valence electrons. The number of benzene rings is 2. The van der Waals surface area contributed by atoms with Crippen LogP contribution in [0.3, 0.4) is 0 Å². The molecule has 1 atom stereocenters. The fourth-order valence-corrected chi connectivity index (χ4v) is 4.57. The summed E-state index contributed by atoms with van der Waals surface area (Å²) < 4.78 is 32.5. The molecule has 7 nitrogen and oxygen atoms in total. The second kappa shape index (κ2) is 9.28. The van der Waals surface area contributed by atoms with Gasteiger partial charge in [0.1, 0.15) is 5.75 Å². The van der Waals surface area contributed by atoms with Crippen molar-refractivity contribution in [2.45, 2.75) is 37.2 Å². The predicted molar refractivity (Wildman–Crippen MR) is 113 cm³/mol. The fourth-order valence-electron chi connectivity index (χ4n) is 3.37. The molecule has 0 bridgehead atoms. The Labute approximate surface area is 172 Å². The number of nitrogens with one attached hydrogen (secondary N) is 2. The van der Waals surface area contributed by atoms with Crippen LogP contribution in [0.15, 0.2) is 53.4 Å². The van der Waals surface area contributed by atoms with E-state index in [9.17, 15) is 13.2 Å². The number of sulfonamides is 1. The van der Waals surface area contributed by atoms with E-state index in [0.29, 0.717) is 12.3 Å². The number of hydrogen-bond acceptors (Lipinski definition) is 5. The first-order valence-corrected chi connectivity index (χ1v) is 11.2. The summed E-state index contributed by atoms with van der Waals surface area (Å²) in [4.78, 5) is 14.9. The number of hydrogen-bond donors (Lipinski definition) is 2. The van der Waals surface area contributed by atoms with Gasteiger partial charge >= 0.3 is 0 Å². The molecule has 0 unspecified atom stereocenters. The van der Waals surface area contributed by atoms with Crippen LogP contribution in [0, 0.1) is 0 Å². The molecule has 1 amide bonds. The van der Waals surface area contributed by atoms with Crippen molar-refractivity contribution in [3.8, 4) is 5.75 Å². The molecule has 29 heavy (non-hydrogen) atoms.